The number of halogens is 1. The quantitative estimate of drug-likeness (QED) is 0.657. The third-order valence-electron chi connectivity index (χ3n) is 2.34. The Hall–Kier alpha value is -0.580. The summed E-state index contributed by atoms with van der Waals surface area (Å²) in [6.07, 6.45) is 1.26. The molecule has 1 aromatic rings. The van der Waals surface area contributed by atoms with Gasteiger partial charge in [0, 0.05) is 9.49 Å². The normalized spacial score (nSPS) is 25.6. The lowest BCUT2D eigenvalue weighted by molar-refractivity contribution is 0.100. The molecule has 2 N–H and O–H groups in total. The molecule has 0 spiro atoms. The predicted molar refractivity (Wildman–Crippen MR) is 60.1 cm³/mol. The molecule has 1 amide bonds. The third-order valence-corrected chi connectivity index (χ3v) is 3.71. The molecular formula is C10H10INO. The van der Waals surface area contributed by atoms with Crippen LogP contribution < -0.4 is 5.73 Å². The van der Waals surface area contributed by atoms with Crippen molar-refractivity contribution in [3.8, 4) is 0 Å². The molecule has 0 bridgehead atoms. The van der Waals surface area contributed by atoms with Crippen molar-refractivity contribution in [1.82, 2.24) is 0 Å². The van der Waals surface area contributed by atoms with E-state index in [0.29, 0.717) is 11.5 Å². The number of alkyl halides is 1. The average molecular weight is 287 g/mol. The van der Waals surface area contributed by atoms with Crippen molar-refractivity contribution in [2.75, 3.05) is 0 Å². The molecule has 68 valence electrons. The zero-order valence-corrected chi connectivity index (χ0v) is 9.19. The second kappa shape index (κ2) is 3.29. The Bertz CT molecular complexity index is 333. The maximum Gasteiger partial charge on any atom is 0.248 e. The fourth-order valence-electron chi connectivity index (χ4n) is 1.40. The van der Waals surface area contributed by atoms with E-state index in [9.17, 15) is 4.79 Å². The van der Waals surface area contributed by atoms with Gasteiger partial charge in [-0.05, 0) is 30.0 Å². The SMILES string of the molecule is NC(=O)c1ccc([C@H]2C[C@@H]2I)cc1. The van der Waals surface area contributed by atoms with Gasteiger partial charge in [-0.2, -0.15) is 0 Å². The monoisotopic (exact) mass is 287 g/mol. The molecule has 0 radical (unpaired) electrons. The van der Waals surface area contributed by atoms with E-state index in [1.807, 2.05) is 12.1 Å². The minimum atomic E-state index is -0.353. The molecule has 2 nitrogen and oxygen atoms in total. The minimum Gasteiger partial charge on any atom is -0.366 e. The van der Waals surface area contributed by atoms with E-state index in [-0.39, 0.29) is 5.91 Å². The summed E-state index contributed by atoms with van der Waals surface area (Å²) < 4.78 is 0.775. The van der Waals surface area contributed by atoms with Crippen LogP contribution in [0.5, 0.6) is 0 Å². The van der Waals surface area contributed by atoms with Crippen LogP contribution >= 0.6 is 22.6 Å². The molecule has 2 rings (SSSR count). The van der Waals surface area contributed by atoms with Gasteiger partial charge in [0.25, 0.3) is 0 Å². The van der Waals surface area contributed by atoms with Crippen LogP contribution in [-0.2, 0) is 0 Å². The molecule has 1 aliphatic rings. The Labute approximate surface area is 90.6 Å². The summed E-state index contributed by atoms with van der Waals surface area (Å²) in [7, 11) is 0. The summed E-state index contributed by atoms with van der Waals surface area (Å²) in [5.41, 5.74) is 7.06. The summed E-state index contributed by atoms with van der Waals surface area (Å²) in [5.74, 6) is 0.343. The number of rotatable bonds is 2. The molecule has 1 fully saturated rings. The Balaban J connectivity index is 2.19. The summed E-state index contributed by atoms with van der Waals surface area (Å²) in [6, 6.07) is 7.62. The zero-order chi connectivity index (χ0) is 9.42. The lowest BCUT2D eigenvalue weighted by Crippen LogP contribution is -2.10. The van der Waals surface area contributed by atoms with Crippen molar-refractivity contribution in [3.05, 3.63) is 35.4 Å². The van der Waals surface area contributed by atoms with Crippen molar-refractivity contribution in [2.24, 2.45) is 5.73 Å². The van der Waals surface area contributed by atoms with Crippen molar-refractivity contribution < 1.29 is 4.79 Å². The molecule has 0 aliphatic heterocycles. The second-order valence-electron chi connectivity index (χ2n) is 3.34. The van der Waals surface area contributed by atoms with Crippen LogP contribution in [0.2, 0.25) is 0 Å². The highest BCUT2D eigenvalue weighted by Gasteiger charge is 2.35. The van der Waals surface area contributed by atoms with Gasteiger partial charge in [-0.3, -0.25) is 4.79 Å². The lowest BCUT2D eigenvalue weighted by atomic mass is 10.1. The van der Waals surface area contributed by atoms with Crippen LogP contribution in [0.1, 0.15) is 28.3 Å². The van der Waals surface area contributed by atoms with E-state index in [0.717, 1.165) is 3.92 Å². The van der Waals surface area contributed by atoms with Crippen LogP contribution in [-0.4, -0.2) is 9.83 Å². The van der Waals surface area contributed by atoms with Gasteiger partial charge in [-0.15, -0.1) is 0 Å². The van der Waals surface area contributed by atoms with Crippen LogP contribution in [0, 0.1) is 0 Å². The van der Waals surface area contributed by atoms with E-state index < -0.39 is 0 Å². The highest BCUT2D eigenvalue weighted by atomic mass is 127. The first-order valence-electron chi connectivity index (χ1n) is 4.22. The van der Waals surface area contributed by atoms with Gasteiger partial charge in [-0.1, -0.05) is 34.7 Å². The van der Waals surface area contributed by atoms with E-state index in [2.05, 4.69) is 22.6 Å². The number of hydrogen-bond acceptors (Lipinski definition) is 1. The maximum atomic E-state index is 10.8. The smallest absolute Gasteiger partial charge is 0.248 e. The van der Waals surface area contributed by atoms with Crippen LogP contribution in [0.4, 0.5) is 0 Å². The number of carbonyl (C=O) groups is 1. The Morgan fingerprint density at radius 3 is 2.31 bits per heavy atom. The Kier molecular flexibility index (Phi) is 2.27. The highest BCUT2D eigenvalue weighted by Crippen LogP contribution is 2.46. The maximum absolute atomic E-state index is 10.8. The largest absolute Gasteiger partial charge is 0.366 e. The molecule has 0 saturated heterocycles. The minimum absolute atomic E-state index is 0.353. The van der Waals surface area contributed by atoms with E-state index in [1.54, 1.807) is 12.1 Å². The number of amides is 1. The molecule has 1 aromatic carbocycles. The molecule has 0 aromatic heterocycles. The molecular weight excluding hydrogens is 277 g/mol. The molecule has 2 atom stereocenters. The fraction of sp³-hybridized carbons (Fsp3) is 0.300. The number of nitrogens with two attached hydrogens (primary N) is 1. The fourth-order valence-corrected chi connectivity index (χ4v) is 2.37. The standard InChI is InChI=1S/C10H10INO/c11-9-5-8(9)6-1-3-7(4-2-6)10(12)13/h1-4,8-9H,5H2,(H2,12,13)/t8-,9+/m1/s1. The zero-order valence-electron chi connectivity index (χ0n) is 7.03. The first-order chi connectivity index (χ1) is 6.18. The molecule has 13 heavy (non-hydrogen) atoms. The topological polar surface area (TPSA) is 43.1 Å². The molecule has 1 aliphatic carbocycles. The summed E-state index contributed by atoms with van der Waals surface area (Å²) in [5, 5.41) is 0. The van der Waals surface area contributed by atoms with Gasteiger partial charge in [0.1, 0.15) is 0 Å². The number of hydrogen-bond donors (Lipinski definition) is 1. The third kappa shape index (κ3) is 1.85. The predicted octanol–water partition coefficient (Wildman–Crippen LogP) is 2.08. The van der Waals surface area contributed by atoms with E-state index >= 15 is 0 Å². The van der Waals surface area contributed by atoms with Crippen LogP contribution in [0.15, 0.2) is 24.3 Å². The van der Waals surface area contributed by atoms with Gasteiger partial charge in [0.2, 0.25) is 5.91 Å². The van der Waals surface area contributed by atoms with Crippen molar-refractivity contribution in [2.45, 2.75) is 16.3 Å². The molecule has 1 saturated carbocycles. The Morgan fingerprint density at radius 1 is 1.38 bits per heavy atom. The van der Waals surface area contributed by atoms with Gasteiger partial charge < -0.3 is 5.73 Å². The summed E-state index contributed by atoms with van der Waals surface area (Å²) in [4.78, 5) is 10.8. The molecule has 0 heterocycles. The van der Waals surface area contributed by atoms with Crippen LogP contribution in [0.3, 0.4) is 0 Å². The Morgan fingerprint density at radius 2 is 1.92 bits per heavy atom. The molecule has 0 unspecified atom stereocenters. The first kappa shape index (κ1) is 8.99. The van der Waals surface area contributed by atoms with E-state index in [1.165, 1.54) is 12.0 Å². The van der Waals surface area contributed by atoms with Crippen molar-refractivity contribution in [1.29, 1.82) is 0 Å². The number of benzene rings is 1. The average Bonchev–Trinajstić information content (AvgIpc) is 2.83. The van der Waals surface area contributed by atoms with Crippen LogP contribution in [0.25, 0.3) is 0 Å². The summed E-state index contributed by atoms with van der Waals surface area (Å²) >= 11 is 2.45. The van der Waals surface area contributed by atoms with Crippen molar-refractivity contribution in [3.63, 3.8) is 0 Å². The second-order valence-corrected chi connectivity index (χ2v) is 4.94. The number of primary amides is 1. The summed E-state index contributed by atoms with van der Waals surface area (Å²) in [6.45, 7) is 0. The van der Waals surface area contributed by atoms with Gasteiger partial charge >= 0.3 is 0 Å². The van der Waals surface area contributed by atoms with Gasteiger partial charge in [-0.25, -0.2) is 0 Å². The van der Waals surface area contributed by atoms with Crippen molar-refractivity contribution >= 4 is 28.5 Å². The van der Waals surface area contributed by atoms with Gasteiger partial charge in [0.15, 0.2) is 0 Å². The number of carbonyl (C=O) groups excluding carboxylic acids is 1. The molecule has 3 heteroatoms. The first-order valence-corrected chi connectivity index (χ1v) is 5.47. The highest BCUT2D eigenvalue weighted by molar-refractivity contribution is 14.1. The van der Waals surface area contributed by atoms with E-state index in [4.69, 9.17) is 5.73 Å². The lowest BCUT2D eigenvalue weighted by Gasteiger charge is -1.99. The van der Waals surface area contributed by atoms with Gasteiger partial charge in [0.05, 0.1) is 0 Å².